The molecular weight excluding hydrogens is 184 g/mol. The second-order valence-corrected chi connectivity index (χ2v) is 3.99. The van der Waals surface area contributed by atoms with Crippen molar-refractivity contribution < 1.29 is 0 Å². The lowest BCUT2D eigenvalue weighted by Crippen LogP contribution is -2.04. The Balaban J connectivity index is 2.60. The quantitative estimate of drug-likeness (QED) is 0.808. The summed E-state index contributed by atoms with van der Waals surface area (Å²) in [6.07, 6.45) is 0.850. The van der Waals surface area contributed by atoms with E-state index >= 15 is 0 Å². The third kappa shape index (κ3) is 2.00. The van der Waals surface area contributed by atoms with E-state index in [2.05, 4.69) is 43.1 Å². The molecule has 2 nitrogen and oxygen atoms in total. The molecule has 2 N–H and O–H groups in total. The molecule has 0 amide bonds. The predicted molar refractivity (Wildman–Crippen MR) is 64.0 cm³/mol. The van der Waals surface area contributed by atoms with Crippen LogP contribution < -0.4 is 5.73 Å². The molecule has 2 rings (SSSR count). The predicted octanol–water partition coefficient (Wildman–Crippen LogP) is 2.35. The fourth-order valence-corrected chi connectivity index (χ4v) is 1.92. The largest absolute Gasteiger partial charge is 0.330 e. The zero-order valence-electron chi connectivity index (χ0n) is 9.25. The Morgan fingerprint density at radius 3 is 2.73 bits per heavy atom. The van der Waals surface area contributed by atoms with Gasteiger partial charge >= 0.3 is 0 Å². The van der Waals surface area contributed by atoms with E-state index in [0.29, 0.717) is 6.54 Å². The molecular formula is C13H16N2. The third-order valence-corrected chi connectivity index (χ3v) is 2.62. The van der Waals surface area contributed by atoms with Gasteiger partial charge in [-0.05, 0) is 43.7 Å². The molecule has 0 aliphatic heterocycles. The minimum absolute atomic E-state index is 0.656. The monoisotopic (exact) mass is 200 g/mol. The van der Waals surface area contributed by atoms with Gasteiger partial charge in [0.15, 0.2) is 0 Å². The topological polar surface area (TPSA) is 38.9 Å². The second kappa shape index (κ2) is 3.99. The molecule has 1 heterocycles. The van der Waals surface area contributed by atoms with Crippen LogP contribution in [0.1, 0.15) is 16.8 Å². The third-order valence-electron chi connectivity index (χ3n) is 2.62. The van der Waals surface area contributed by atoms with E-state index in [1.165, 1.54) is 16.5 Å². The Kier molecular flexibility index (Phi) is 2.69. The number of aromatic nitrogens is 1. The van der Waals surface area contributed by atoms with Gasteiger partial charge in [0.05, 0.1) is 5.52 Å². The van der Waals surface area contributed by atoms with Crippen LogP contribution >= 0.6 is 0 Å². The molecule has 15 heavy (non-hydrogen) atoms. The SMILES string of the molecule is Cc1cc(C)c2ccc(CCN)nc2c1. The van der Waals surface area contributed by atoms with Crippen LogP contribution in [0.4, 0.5) is 0 Å². The van der Waals surface area contributed by atoms with Gasteiger partial charge in [0, 0.05) is 17.5 Å². The van der Waals surface area contributed by atoms with Crippen LogP contribution in [0.15, 0.2) is 24.3 Å². The minimum atomic E-state index is 0.656. The van der Waals surface area contributed by atoms with E-state index in [1.54, 1.807) is 0 Å². The number of pyridine rings is 1. The van der Waals surface area contributed by atoms with Crippen LogP contribution in [0.3, 0.4) is 0 Å². The lowest BCUT2D eigenvalue weighted by Gasteiger charge is -2.05. The maximum atomic E-state index is 5.52. The average molecular weight is 200 g/mol. The van der Waals surface area contributed by atoms with Gasteiger partial charge in [-0.2, -0.15) is 0 Å². The molecule has 0 atom stereocenters. The molecule has 0 unspecified atom stereocenters. The van der Waals surface area contributed by atoms with E-state index in [-0.39, 0.29) is 0 Å². The Hall–Kier alpha value is -1.41. The molecule has 0 aliphatic rings. The first kappa shape index (κ1) is 10.1. The van der Waals surface area contributed by atoms with Gasteiger partial charge in [-0.3, -0.25) is 4.98 Å². The maximum Gasteiger partial charge on any atom is 0.0710 e. The van der Waals surface area contributed by atoms with Crippen LogP contribution in [0, 0.1) is 13.8 Å². The molecule has 1 aromatic carbocycles. The van der Waals surface area contributed by atoms with Gasteiger partial charge in [0.25, 0.3) is 0 Å². The molecule has 0 radical (unpaired) electrons. The first-order chi connectivity index (χ1) is 7.20. The molecule has 2 heteroatoms. The summed E-state index contributed by atoms with van der Waals surface area (Å²) in [4.78, 5) is 4.61. The minimum Gasteiger partial charge on any atom is -0.330 e. The van der Waals surface area contributed by atoms with Crippen molar-refractivity contribution in [2.45, 2.75) is 20.3 Å². The van der Waals surface area contributed by atoms with Gasteiger partial charge < -0.3 is 5.73 Å². The van der Waals surface area contributed by atoms with Crippen LogP contribution in [-0.2, 0) is 6.42 Å². The van der Waals surface area contributed by atoms with Crippen molar-refractivity contribution in [3.05, 3.63) is 41.1 Å². The van der Waals surface area contributed by atoms with Crippen molar-refractivity contribution in [2.24, 2.45) is 5.73 Å². The van der Waals surface area contributed by atoms with E-state index in [4.69, 9.17) is 5.73 Å². The Labute approximate surface area is 90.1 Å². The van der Waals surface area contributed by atoms with E-state index in [9.17, 15) is 0 Å². The number of nitrogens with two attached hydrogens (primary N) is 1. The van der Waals surface area contributed by atoms with Crippen LogP contribution in [0.2, 0.25) is 0 Å². The highest BCUT2D eigenvalue weighted by Gasteiger charge is 2.01. The molecule has 0 saturated heterocycles. The maximum absolute atomic E-state index is 5.52. The average Bonchev–Trinajstić information content (AvgIpc) is 2.17. The zero-order valence-corrected chi connectivity index (χ0v) is 9.25. The smallest absolute Gasteiger partial charge is 0.0710 e. The summed E-state index contributed by atoms with van der Waals surface area (Å²) in [6.45, 7) is 4.88. The second-order valence-electron chi connectivity index (χ2n) is 3.99. The first-order valence-corrected chi connectivity index (χ1v) is 5.27. The Morgan fingerprint density at radius 2 is 2.00 bits per heavy atom. The highest BCUT2D eigenvalue weighted by Crippen LogP contribution is 2.19. The summed E-state index contributed by atoms with van der Waals surface area (Å²) >= 11 is 0. The molecule has 78 valence electrons. The molecule has 2 aromatic rings. The number of aryl methyl sites for hydroxylation is 2. The van der Waals surface area contributed by atoms with Crippen molar-refractivity contribution in [2.75, 3.05) is 6.54 Å². The molecule has 0 aliphatic carbocycles. The summed E-state index contributed by atoms with van der Waals surface area (Å²) in [5.74, 6) is 0. The Bertz CT molecular complexity index is 489. The molecule has 0 fully saturated rings. The van der Waals surface area contributed by atoms with Crippen molar-refractivity contribution in [3.63, 3.8) is 0 Å². The van der Waals surface area contributed by atoms with E-state index in [0.717, 1.165) is 17.6 Å². The summed E-state index contributed by atoms with van der Waals surface area (Å²) in [5, 5.41) is 1.24. The normalized spacial score (nSPS) is 10.9. The van der Waals surface area contributed by atoms with Gasteiger partial charge in [-0.25, -0.2) is 0 Å². The van der Waals surface area contributed by atoms with Gasteiger partial charge in [0.2, 0.25) is 0 Å². The number of hydrogen-bond donors (Lipinski definition) is 1. The number of nitrogens with zero attached hydrogens (tertiary/aromatic N) is 1. The number of hydrogen-bond acceptors (Lipinski definition) is 2. The molecule has 0 bridgehead atoms. The van der Waals surface area contributed by atoms with Crippen molar-refractivity contribution in [1.82, 2.24) is 4.98 Å². The molecule has 0 spiro atoms. The highest BCUT2D eigenvalue weighted by atomic mass is 14.7. The lowest BCUT2D eigenvalue weighted by atomic mass is 10.1. The van der Waals surface area contributed by atoms with Crippen molar-refractivity contribution in [3.8, 4) is 0 Å². The van der Waals surface area contributed by atoms with Crippen LogP contribution in [0.5, 0.6) is 0 Å². The van der Waals surface area contributed by atoms with Crippen molar-refractivity contribution in [1.29, 1.82) is 0 Å². The zero-order chi connectivity index (χ0) is 10.8. The van der Waals surface area contributed by atoms with Gasteiger partial charge in [0.1, 0.15) is 0 Å². The highest BCUT2D eigenvalue weighted by molar-refractivity contribution is 5.82. The van der Waals surface area contributed by atoms with Crippen LogP contribution in [-0.4, -0.2) is 11.5 Å². The fraction of sp³-hybridized carbons (Fsp3) is 0.308. The summed E-state index contributed by atoms with van der Waals surface area (Å²) < 4.78 is 0. The molecule has 1 aromatic heterocycles. The fourth-order valence-electron chi connectivity index (χ4n) is 1.92. The summed E-state index contributed by atoms with van der Waals surface area (Å²) in [6, 6.07) is 8.52. The standard InChI is InChI=1S/C13H16N2/c1-9-7-10(2)12-4-3-11(5-6-14)15-13(12)8-9/h3-4,7-8H,5-6,14H2,1-2H3. The summed E-state index contributed by atoms with van der Waals surface area (Å²) in [7, 11) is 0. The summed E-state index contributed by atoms with van der Waals surface area (Å²) in [5.41, 5.74) is 10.2. The van der Waals surface area contributed by atoms with Crippen LogP contribution in [0.25, 0.3) is 10.9 Å². The number of fused-ring (bicyclic) bond motifs is 1. The van der Waals surface area contributed by atoms with Gasteiger partial charge in [-0.1, -0.05) is 12.1 Å². The van der Waals surface area contributed by atoms with Crippen molar-refractivity contribution >= 4 is 10.9 Å². The first-order valence-electron chi connectivity index (χ1n) is 5.27. The number of benzene rings is 1. The molecule has 0 saturated carbocycles. The van der Waals surface area contributed by atoms with E-state index in [1.807, 2.05) is 0 Å². The Morgan fingerprint density at radius 1 is 1.20 bits per heavy atom. The van der Waals surface area contributed by atoms with Gasteiger partial charge in [-0.15, -0.1) is 0 Å². The lowest BCUT2D eigenvalue weighted by molar-refractivity contribution is 0.932. The van der Waals surface area contributed by atoms with E-state index < -0.39 is 0 Å². The number of rotatable bonds is 2.